The highest BCUT2D eigenvalue weighted by Gasteiger charge is 2.34. The van der Waals surface area contributed by atoms with Crippen LogP contribution in [0.5, 0.6) is 0 Å². The number of benzene rings is 2. The van der Waals surface area contributed by atoms with E-state index in [-0.39, 0.29) is 17.5 Å². The van der Waals surface area contributed by atoms with Crippen LogP contribution in [0.1, 0.15) is 12.5 Å². The maximum atomic E-state index is 13.4. The highest BCUT2D eigenvalue weighted by atomic mass is 32.2. The summed E-state index contributed by atoms with van der Waals surface area (Å²) in [5.74, 6) is -0.564. The van der Waals surface area contributed by atoms with Gasteiger partial charge in [0, 0.05) is 18.7 Å². The fourth-order valence-electron chi connectivity index (χ4n) is 3.12. The van der Waals surface area contributed by atoms with E-state index in [0.29, 0.717) is 13.0 Å². The van der Waals surface area contributed by atoms with Crippen LogP contribution in [-0.4, -0.2) is 40.8 Å². The number of rotatable bonds is 4. The summed E-state index contributed by atoms with van der Waals surface area (Å²) >= 11 is 0. The van der Waals surface area contributed by atoms with E-state index in [1.54, 1.807) is 4.68 Å². The molecule has 1 aliphatic rings. The van der Waals surface area contributed by atoms with Crippen molar-refractivity contribution in [3.63, 3.8) is 0 Å². The van der Waals surface area contributed by atoms with Gasteiger partial charge in [0.15, 0.2) is 0 Å². The van der Waals surface area contributed by atoms with Crippen molar-refractivity contribution in [1.29, 1.82) is 0 Å². The van der Waals surface area contributed by atoms with Crippen LogP contribution in [0.4, 0.5) is 4.39 Å². The minimum Gasteiger partial charge on any atom is -0.247 e. The third-order valence-corrected chi connectivity index (χ3v) is 6.38. The molecule has 0 amide bonds. The van der Waals surface area contributed by atoms with Crippen LogP contribution in [0.25, 0.3) is 11.3 Å². The summed E-state index contributed by atoms with van der Waals surface area (Å²) in [7, 11) is -3.72. The van der Waals surface area contributed by atoms with E-state index in [9.17, 15) is 12.8 Å². The number of nitrogens with zero attached hydrogens (tertiary/aromatic N) is 4. The van der Waals surface area contributed by atoms with Crippen LogP contribution in [-0.2, 0) is 10.0 Å². The maximum Gasteiger partial charge on any atom is 0.243 e. The molecule has 8 heteroatoms. The molecule has 1 fully saturated rings. The van der Waals surface area contributed by atoms with Gasteiger partial charge in [-0.3, -0.25) is 0 Å². The molecule has 1 unspecified atom stereocenters. The van der Waals surface area contributed by atoms with E-state index >= 15 is 0 Å². The van der Waals surface area contributed by atoms with Crippen molar-refractivity contribution >= 4 is 10.0 Å². The molecule has 0 saturated carbocycles. The van der Waals surface area contributed by atoms with Crippen molar-refractivity contribution < 1.29 is 12.8 Å². The summed E-state index contributed by atoms with van der Waals surface area (Å²) in [4.78, 5) is -0.0262. The van der Waals surface area contributed by atoms with Crippen molar-refractivity contribution in [3.05, 3.63) is 66.6 Å². The van der Waals surface area contributed by atoms with E-state index in [1.165, 1.54) is 22.5 Å². The summed E-state index contributed by atoms with van der Waals surface area (Å²) in [5.41, 5.74) is 1.71. The van der Waals surface area contributed by atoms with Gasteiger partial charge in [0.1, 0.15) is 11.5 Å². The molecule has 0 N–H and O–H groups in total. The number of hydrogen-bond acceptors (Lipinski definition) is 4. The summed E-state index contributed by atoms with van der Waals surface area (Å²) in [6, 6.07) is 14.7. The first-order valence-corrected chi connectivity index (χ1v) is 9.71. The Balaban J connectivity index is 1.53. The van der Waals surface area contributed by atoms with Gasteiger partial charge in [-0.25, -0.2) is 17.5 Å². The lowest BCUT2D eigenvalue weighted by Gasteiger charge is -2.16. The van der Waals surface area contributed by atoms with Gasteiger partial charge < -0.3 is 0 Å². The van der Waals surface area contributed by atoms with E-state index < -0.39 is 15.8 Å². The fourth-order valence-corrected chi connectivity index (χ4v) is 4.64. The lowest BCUT2D eigenvalue weighted by molar-refractivity contribution is 0.428. The Morgan fingerprint density at radius 1 is 1.08 bits per heavy atom. The topological polar surface area (TPSA) is 68.1 Å². The largest absolute Gasteiger partial charge is 0.247 e. The number of sulfonamides is 1. The number of aromatic nitrogens is 3. The van der Waals surface area contributed by atoms with Crippen LogP contribution >= 0.6 is 0 Å². The Labute approximate surface area is 150 Å². The Bertz CT molecular complexity index is 1020. The molecule has 2 aromatic carbocycles. The normalized spacial score (nSPS) is 18.3. The molecule has 1 atom stereocenters. The van der Waals surface area contributed by atoms with Crippen LogP contribution in [0.15, 0.2) is 65.7 Å². The van der Waals surface area contributed by atoms with E-state index in [2.05, 4.69) is 10.3 Å². The van der Waals surface area contributed by atoms with Crippen LogP contribution in [0.2, 0.25) is 0 Å². The van der Waals surface area contributed by atoms with Crippen molar-refractivity contribution in [1.82, 2.24) is 19.3 Å². The van der Waals surface area contributed by atoms with Gasteiger partial charge in [-0.15, -0.1) is 5.10 Å². The van der Waals surface area contributed by atoms with Crippen molar-refractivity contribution in [2.75, 3.05) is 13.1 Å². The second-order valence-electron chi connectivity index (χ2n) is 6.21. The van der Waals surface area contributed by atoms with Gasteiger partial charge in [-0.2, -0.15) is 4.31 Å². The molecule has 2 heterocycles. The monoisotopic (exact) mass is 372 g/mol. The highest BCUT2D eigenvalue weighted by molar-refractivity contribution is 7.89. The second-order valence-corrected chi connectivity index (χ2v) is 8.15. The van der Waals surface area contributed by atoms with E-state index in [1.807, 2.05) is 36.5 Å². The predicted octanol–water partition coefficient (Wildman–Crippen LogP) is 2.72. The van der Waals surface area contributed by atoms with E-state index in [0.717, 1.165) is 17.3 Å². The van der Waals surface area contributed by atoms with Crippen molar-refractivity contribution in [2.24, 2.45) is 0 Å². The molecule has 4 rings (SSSR count). The summed E-state index contributed by atoms with van der Waals surface area (Å²) < 4.78 is 41.9. The lowest BCUT2D eigenvalue weighted by atomic mass is 10.2. The molecule has 6 nitrogen and oxygen atoms in total. The molecular weight excluding hydrogens is 355 g/mol. The van der Waals surface area contributed by atoms with Gasteiger partial charge in [0.05, 0.1) is 17.1 Å². The second kappa shape index (κ2) is 6.62. The number of hydrogen-bond donors (Lipinski definition) is 0. The smallest absolute Gasteiger partial charge is 0.243 e. The third-order valence-electron chi connectivity index (χ3n) is 4.51. The first kappa shape index (κ1) is 16.9. The van der Waals surface area contributed by atoms with Crippen molar-refractivity contribution in [3.8, 4) is 11.3 Å². The standard InChI is InChI=1S/C18H17FN4O2S/c19-15-7-4-8-17(11-15)26(24,25)22-10-9-16(12-22)23-13-18(20-21-23)14-5-2-1-3-6-14/h1-8,11,13,16H,9-10,12H2. The first-order valence-electron chi connectivity index (χ1n) is 8.27. The van der Waals surface area contributed by atoms with Gasteiger partial charge >= 0.3 is 0 Å². The summed E-state index contributed by atoms with van der Waals surface area (Å²) in [6.45, 7) is 0.653. The summed E-state index contributed by atoms with van der Waals surface area (Å²) in [5, 5.41) is 8.35. The van der Waals surface area contributed by atoms with Crippen LogP contribution in [0, 0.1) is 5.82 Å². The highest BCUT2D eigenvalue weighted by Crippen LogP contribution is 2.28. The minimum absolute atomic E-state index is 0.0262. The van der Waals surface area contributed by atoms with Gasteiger partial charge in [-0.1, -0.05) is 41.6 Å². The average Bonchev–Trinajstić information content (AvgIpc) is 3.32. The van der Waals surface area contributed by atoms with Crippen LogP contribution < -0.4 is 0 Å². The molecule has 0 aliphatic carbocycles. The Hall–Kier alpha value is -2.58. The first-order chi connectivity index (χ1) is 12.5. The molecule has 0 spiro atoms. The van der Waals surface area contributed by atoms with Gasteiger partial charge in [-0.05, 0) is 24.6 Å². The molecule has 0 radical (unpaired) electrons. The van der Waals surface area contributed by atoms with Crippen LogP contribution in [0.3, 0.4) is 0 Å². The molecule has 1 saturated heterocycles. The lowest BCUT2D eigenvalue weighted by Crippen LogP contribution is -2.29. The molecule has 3 aromatic rings. The van der Waals surface area contributed by atoms with Crippen molar-refractivity contribution in [2.45, 2.75) is 17.4 Å². The Morgan fingerprint density at radius 2 is 1.88 bits per heavy atom. The Kier molecular flexibility index (Phi) is 4.29. The maximum absolute atomic E-state index is 13.4. The van der Waals surface area contributed by atoms with E-state index in [4.69, 9.17) is 0 Å². The van der Waals surface area contributed by atoms with Gasteiger partial charge in [0.25, 0.3) is 0 Å². The SMILES string of the molecule is O=S(=O)(c1cccc(F)c1)N1CCC(n2cc(-c3ccccc3)nn2)C1. The zero-order valence-electron chi connectivity index (χ0n) is 13.9. The third kappa shape index (κ3) is 3.13. The molecule has 1 aromatic heterocycles. The molecular formula is C18H17FN4O2S. The summed E-state index contributed by atoms with van der Waals surface area (Å²) in [6.07, 6.45) is 2.46. The minimum atomic E-state index is -3.72. The Morgan fingerprint density at radius 3 is 2.65 bits per heavy atom. The fraction of sp³-hybridized carbons (Fsp3) is 0.222. The zero-order valence-corrected chi connectivity index (χ0v) is 14.7. The molecule has 26 heavy (non-hydrogen) atoms. The number of halogens is 1. The molecule has 0 bridgehead atoms. The zero-order chi connectivity index (χ0) is 18.1. The van der Waals surface area contributed by atoms with Gasteiger partial charge in [0.2, 0.25) is 10.0 Å². The predicted molar refractivity (Wildman–Crippen MR) is 94.3 cm³/mol. The molecule has 134 valence electrons. The molecule has 1 aliphatic heterocycles. The quantitative estimate of drug-likeness (QED) is 0.706. The average molecular weight is 372 g/mol.